The van der Waals surface area contributed by atoms with Gasteiger partial charge in [0.2, 0.25) is 11.8 Å². The highest BCUT2D eigenvalue weighted by Gasteiger charge is 2.33. The highest BCUT2D eigenvalue weighted by molar-refractivity contribution is 8.00. The monoisotopic (exact) mass is 461 g/mol. The summed E-state index contributed by atoms with van der Waals surface area (Å²) in [6.45, 7) is 4.82. The maximum absolute atomic E-state index is 13.3. The Morgan fingerprint density at radius 3 is 2.64 bits per heavy atom. The van der Waals surface area contributed by atoms with E-state index in [1.165, 1.54) is 29.8 Å². The third-order valence-corrected chi connectivity index (χ3v) is 7.13. The summed E-state index contributed by atoms with van der Waals surface area (Å²) >= 11 is 1.44. The number of benzene rings is 2. The van der Waals surface area contributed by atoms with E-state index < -0.39 is 0 Å². The maximum atomic E-state index is 13.3. The Morgan fingerprint density at radius 1 is 1.09 bits per heavy atom. The van der Waals surface area contributed by atoms with Crippen LogP contribution in [0.25, 0.3) is 5.69 Å². The molecular weight excluding hydrogens is 434 g/mol. The second kappa shape index (κ2) is 9.02. The van der Waals surface area contributed by atoms with E-state index in [0.717, 1.165) is 43.0 Å². The quantitative estimate of drug-likeness (QED) is 0.558. The van der Waals surface area contributed by atoms with Gasteiger partial charge < -0.3 is 10.2 Å². The van der Waals surface area contributed by atoms with Crippen molar-refractivity contribution in [2.24, 2.45) is 0 Å². The Labute approximate surface area is 197 Å². The van der Waals surface area contributed by atoms with E-state index in [1.54, 1.807) is 0 Å². The average molecular weight is 462 g/mol. The van der Waals surface area contributed by atoms with Crippen LogP contribution in [0.1, 0.15) is 49.6 Å². The summed E-state index contributed by atoms with van der Waals surface area (Å²) in [6, 6.07) is 16.0. The summed E-state index contributed by atoms with van der Waals surface area (Å²) in [4.78, 5) is 26.8. The molecule has 0 radical (unpaired) electrons. The van der Waals surface area contributed by atoms with E-state index in [2.05, 4.69) is 33.7 Å². The first-order valence-corrected chi connectivity index (χ1v) is 12.2. The molecule has 5 rings (SSSR count). The van der Waals surface area contributed by atoms with Gasteiger partial charge in [-0.3, -0.25) is 14.2 Å². The maximum Gasteiger partial charge on any atom is 0.236 e. The summed E-state index contributed by atoms with van der Waals surface area (Å²) in [5, 5.41) is 12.2. The number of thioether (sulfide) groups is 1. The van der Waals surface area contributed by atoms with Crippen molar-refractivity contribution < 1.29 is 9.59 Å². The van der Waals surface area contributed by atoms with Crippen LogP contribution >= 0.6 is 11.8 Å². The van der Waals surface area contributed by atoms with Crippen molar-refractivity contribution in [3.63, 3.8) is 0 Å². The molecule has 3 aromatic rings. The van der Waals surface area contributed by atoms with Crippen LogP contribution in [0.3, 0.4) is 0 Å². The minimum absolute atomic E-state index is 0.115. The van der Waals surface area contributed by atoms with Crippen molar-refractivity contribution in [1.82, 2.24) is 19.7 Å². The van der Waals surface area contributed by atoms with Crippen LogP contribution in [-0.4, -0.2) is 43.3 Å². The van der Waals surface area contributed by atoms with Crippen LogP contribution in [0.4, 0.5) is 5.69 Å². The van der Waals surface area contributed by atoms with E-state index in [1.807, 2.05) is 46.7 Å². The molecule has 1 saturated carbocycles. The van der Waals surface area contributed by atoms with Gasteiger partial charge in [-0.25, -0.2) is 0 Å². The van der Waals surface area contributed by atoms with Gasteiger partial charge in [0.1, 0.15) is 5.82 Å². The van der Waals surface area contributed by atoms with E-state index in [-0.39, 0.29) is 17.1 Å². The van der Waals surface area contributed by atoms with E-state index in [0.29, 0.717) is 17.6 Å². The molecule has 8 heteroatoms. The van der Waals surface area contributed by atoms with Crippen molar-refractivity contribution in [1.29, 1.82) is 0 Å². The molecule has 1 unspecified atom stereocenters. The number of carbonyl (C=O) groups excluding carboxylic acids is 2. The van der Waals surface area contributed by atoms with Crippen molar-refractivity contribution in [3.8, 4) is 5.69 Å². The zero-order chi connectivity index (χ0) is 22.9. The highest BCUT2D eigenvalue weighted by Crippen LogP contribution is 2.42. The van der Waals surface area contributed by atoms with Gasteiger partial charge >= 0.3 is 0 Å². The largest absolute Gasteiger partial charge is 0.337 e. The molecular formula is C25H27N5O2S. The molecule has 0 bridgehead atoms. The number of nitrogens with one attached hydrogen (secondary N) is 1. The van der Waals surface area contributed by atoms with Gasteiger partial charge in [-0.15, -0.1) is 10.2 Å². The van der Waals surface area contributed by atoms with Crippen LogP contribution in [0.5, 0.6) is 0 Å². The first-order valence-electron chi connectivity index (χ1n) is 11.3. The third kappa shape index (κ3) is 4.66. The summed E-state index contributed by atoms with van der Waals surface area (Å²) in [5.74, 6) is 1.31. The van der Waals surface area contributed by atoms with Crippen molar-refractivity contribution in [2.45, 2.75) is 56.0 Å². The molecule has 1 aliphatic heterocycles. The molecule has 2 aromatic carbocycles. The van der Waals surface area contributed by atoms with Crippen LogP contribution in [0.15, 0.2) is 53.7 Å². The second-order valence-electron chi connectivity index (χ2n) is 8.72. The lowest BCUT2D eigenvalue weighted by molar-refractivity contribution is -0.131. The minimum atomic E-state index is -0.288. The number of aromatic nitrogens is 3. The summed E-state index contributed by atoms with van der Waals surface area (Å²) < 4.78 is 2.04. The number of amides is 2. The van der Waals surface area contributed by atoms with E-state index >= 15 is 0 Å². The molecule has 2 aliphatic rings. The third-order valence-electron chi connectivity index (χ3n) is 6.10. The summed E-state index contributed by atoms with van der Waals surface area (Å²) in [5.41, 5.74) is 4.17. The fraction of sp³-hybridized carbons (Fsp3) is 0.360. The molecule has 2 amide bonds. The number of fused-ring (bicyclic) bond motifs is 1. The smallest absolute Gasteiger partial charge is 0.236 e. The normalized spacial score (nSPS) is 16.2. The predicted molar refractivity (Wildman–Crippen MR) is 129 cm³/mol. The Balaban J connectivity index is 1.38. The highest BCUT2D eigenvalue weighted by atomic mass is 32.2. The summed E-state index contributed by atoms with van der Waals surface area (Å²) in [7, 11) is 0. The van der Waals surface area contributed by atoms with Gasteiger partial charge in [-0.2, -0.15) is 0 Å². The molecule has 7 nitrogen and oxygen atoms in total. The first-order chi connectivity index (χ1) is 16.0. The van der Waals surface area contributed by atoms with Crippen LogP contribution in [0.2, 0.25) is 0 Å². The zero-order valence-electron chi connectivity index (χ0n) is 18.8. The van der Waals surface area contributed by atoms with Gasteiger partial charge in [0.25, 0.3) is 0 Å². The lowest BCUT2D eigenvalue weighted by atomic mass is 10.00. The Hall–Kier alpha value is -3.13. The number of nitrogens with zero attached hydrogens (tertiary/aromatic N) is 4. The van der Waals surface area contributed by atoms with Crippen molar-refractivity contribution in [2.75, 3.05) is 11.9 Å². The standard InChI is InChI=1S/C25H27N5O2S/c1-16(24(32)29-13-12-18-6-3-4-7-20(18)15-29)33-25-28-27-23(19-10-11-19)30(25)22-9-5-8-21(14-22)26-17(2)31/h3-9,14,16,19H,10-13,15H2,1-2H3,(H,26,31). The minimum Gasteiger partial charge on any atom is -0.337 e. The van der Waals surface area contributed by atoms with Gasteiger partial charge in [0.05, 0.1) is 10.9 Å². The first kappa shape index (κ1) is 21.7. The molecule has 33 heavy (non-hydrogen) atoms. The van der Waals surface area contributed by atoms with Gasteiger partial charge in [0, 0.05) is 31.6 Å². The number of hydrogen-bond acceptors (Lipinski definition) is 5. The fourth-order valence-electron chi connectivity index (χ4n) is 4.28. The predicted octanol–water partition coefficient (Wildman–Crippen LogP) is 4.17. The molecule has 1 N–H and O–H groups in total. The average Bonchev–Trinajstić information content (AvgIpc) is 3.58. The molecule has 1 fully saturated rings. The molecule has 2 heterocycles. The number of rotatable bonds is 6. The van der Waals surface area contributed by atoms with E-state index in [9.17, 15) is 9.59 Å². The molecule has 0 spiro atoms. The van der Waals surface area contributed by atoms with Crippen LogP contribution < -0.4 is 5.32 Å². The Kier molecular flexibility index (Phi) is 5.93. The van der Waals surface area contributed by atoms with Crippen LogP contribution in [-0.2, 0) is 22.6 Å². The number of anilines is 1. The van der Waals surface area contributed by atoms with E-state index in [4.69, 9.17) is 0 Å². The molecule has 1 aliphatic carbocycles. The Bertz CT molecular complexity index is 1200. The summed E-state index contributed by atoms with van der Waals surface area (Å²) in [6.07, 6.45) is 3.07. The number of carbonyl (C=O) groups is 2. The second-order valence-corrected chi connectivity index (χ2v) is 10.0. The topological polar surface area (TPSA) is 80.1 Å². The lowest BCUT2D eigenvalue weighted by Crippen LogP contribution is -2.40. The van der Waals surface area contributed by atoms with Gasteiger partial charge in [-0.05, 0) is 55.5 Å². The zero-order valence-corrected chi connectivity index (χ0v) is 19.6. The molecule has 170 valence electrons. The van der Waals surface area contributed by atoms with Gasteiger partial charge in [0.15, 0.2) is 5.16 Å². The van der Waals surface area contributed by atoms with Crippen LogP contribution in [0, 0.1) is 0 Å². The molecule has 1 atom stereocenters. The molecule has 0 saturated heterocycles. The fourth-order valence-corrected chi connectivity index (χ4v) is 5.24. The van der Waals surface area contributed by atoms with Crippen molar-refractivity contribution >= 4 is 29.3 Å². The van der Waals surface area contributed by atoms with Gasteiger partial charge in [-0.1, -0.05) is 42.1 Å². The Morgan fingerprint density at radius 2 is 1.88 bits per heavy atom. The lowest BCUT2D eigenvalue weighted by Gasteiger charge is -2.30. The SMILES string of the molecule is CC(=O)Nc1cccc(-n2c(SC(C)C(=O)N3CCc4ccccc4C3)nnc2C2CC2)c1. The number of hydrogen-bond donors (Lipinski definition) is 1. The van der Waals surface area contributed by atoms with Crippen molar-refractivity contribution in [3.05, 3.63) is 65.5 Å². The molecule has 1 aromatic heterocycles.